The van der Waals surface area contributed by atoms with Gasteiger partial charge in [-0.05, 0) is 46.8 Å². The first-order valence-electron chi connectivity index (χ1n) is 7.93. The summed E-state index contributed by atoms with van der Waals surface area (Å²) >= 11 is 1.10. The second-order valence-electron chi connectivity index (χ2n) is 6.32. The largest absolute Gasteiger partial charge is 0.417 e. The van der Waals surface area contributed by atoms with E-state index in [1.165, 1.54) is 10.5 Å². The maximum Gasteiger partial charge on any atom is 0.417 e. The Bertz CT molecular complexity index is 749. The fourth-order valence-corrected chi connectivity index (χ4v) is 3.53. The number of alkyl halides is 3. The highest BCUT2D eigenvalue weighted by Gasteiger charge is 2.32. The summed E-state index contributed by atoms with van der Waals surface area (Å²) in [5.41, 5.74) is -0.480. The van der Waals surface area contributed by atoms with E-state index in [9.17, 15) is 18.0 Å². The van der Waals surface area contributed by atoms with Crippen LogP contribution in [0.5, 0.6) is 0 Å². The molecule has 0 aliphatic carbocycles. The topological polar surface area (TPSA) is 50.5 Å². The average molecular weight is 374 g/mol. The fourth-order valence-electron chi connectivity index (χ4n) is 2.64. The van der Waals surface area contributed by atoms with Crippen LogP contribution in [0.4, 0.5) is 13.2 Å². The average Bonchev–Trinajstić information content (AvgIpc) is 2.87. The summed E-state index contributed by atoms with van der Waals surface area (Å²) in [5.74, 6) is -0.0845. The zero-order chi connectivity index (χ0) is 18.9. The van der Waals surface area contributed by atoms with Crippen molar-refractivity contribution in [2.45, 2.75) is 63.3 Å². The fraction of sp³-hybridized carbons (Fsp3) is 0.562. The van der Waals surface area contributed by atoms with Crippen molar-refractivity contribution in [1.29, 1.82) is 0 Å². The van der Waals surface area contributed by atoms with Crippen molar-refractivity contribution in [3.8, 4) is 0 Å². The lowest BCUT2D eigenvalue weighted by Crippen LogP contribution is -2.45. The van der Waals surface area contributed by atoms with Gasteiger partial charge in [-0.25, -0.2) is 0 Å². The monoisotopic (exact) mass is 374 g/mol. The molecule has 2 heterocycles. The molecule has 0 aliphatic rings. The quantitative estimate of drug-likeness (QED) is 0.746. The summed E-state index contributed by atoms with van der Waals surface area (Å²) in [6, 6.07) is 2.29. The number of hydrogen-bond donors (Lipinski definition) is 0. The van der Waals surface area contributed by atoms with Crippen LogP contribution in [0, 0.1) is 0 Å². The van der Waals surface area contributed by atoms with E-state index in [1.54, 1.807) is 11.8 Å². The lowest BCUT2D eigenvalue weighted by Gasteiger charge is -2.32. The number of nitrogens with zero attached hydrogens (tertiary/aromatic N) is 4. The third-order valence-corrected chi connectivity index (χ3v) is 4.74. The Hall–Kier alpha value is -1.77. The maximum absolute atomic E-state index is 12.9. The third kappa shape index (κ3) is 4.26. The number of rotatable bonds is 5. The molecule has 1 amide bonds. The van der Waals surface area contributed by atoms with Gasteiger partial charge in [-0.2, -0.15) is 13.2 Å². The summed E-state index contributed by atoms with van der Waals surface area (Å²) in [6.45, 7) is 9.43. The van der Waals surface area contributed by atoms with Gasteiger partial charge in [-0.3, -0.25) is 9.20 Å². The van der Waals surface area contributed by atoms with E-state index in [1.807, 2.05) is 27.7 Å². The molecule has 0 bridgehead atoms. The summed E-state index contributed by atoms with van der Waals surface area (Å²) in [4.78, 5) is 14.4. The Labute approximate surface area is 148 Å². The van der Waals surface area contributed by atoms with Crippen molar-refractivity contribution in [2.24, 2.45) is 0 Å². The number of carbonyl (C=O) groups is 1. The third-order valence-electron chi connectivity index (χ3n) is 3.70. The molecule has 2 rings (SSSR count). The molecule has 1 unspecified atom stereocenters. The minimum absolute atomic E-state index is 0.0301. The molecule has 0 spiro atoms. The number of amides is 1. The van der Waals surface area contributed by atoms with Gasteiger partial charge in [0.2, 0.25) is 5.91 Å². The first kappa shape index (κ1) is 19.6. The molecule has 0 saturated heterocycles. The molecule has 2 aromatic heterocycles. The van der Waals surface area contributed by atoms with Gasteiger partial charge < -0.3 is 4.90 Å². The Morgan fingerprint density at radius 1 is 1.12 bits per heavy atom. The molecule has 138 valence electrons. The molecular formula is C16H21F3N4OS. The summed E-state index contributed by atoms with van der Waals surface area (Å²) in [5, 5.41) is 7.56. The molecule has 0 saturated carbocycles. The van der Waals surface area contributed by atoms with Crippen molar-refractivity contribution in [3.05, 3.63) is 23.9 Å². The van der Waals surface area contributed by atoms with E-state index >= 15 is 0 Å². The van der Waals surface area contributed by atoms with E-state index < -0.39 is 17.0 Å². The van der Waals surface area contributed by atoms with Gasteiger partial charge in [0, 0.05) is 18.3 Å². The molecule has 0 fully saturated rings. The summed E-state index contributed by atoms with van der Waals surface area (Å²) in [6.07, 6.45) is -3.49. The number of aromatic nitrogens is 3. The maximum atomic E-state index is 12.9. The lowest BCUT2D eigenvalue weighted by molar-refractivity contribution is -0.138. The van der Waals surface area contributed by atoms with E-state index in [4.69, 9.17) is 0 Å². The minimum Gasteiger partial charge on any atom is -0.337 e. The van der Waals surface area contributed by atoms with E-state index in [2.05, 4.69) is 10.2 Å². The second kappa shape index (κ2) is 7.23. The standard InChI is InChI=1S/C16H21F3N4OS/c1-9(2)23(10(3)4)14(24)11(5)25-15-21-20-13-7-6-12(8-22(13)15)16(17,18)19/h6-11H,1-5H3. The highest BCUT2D eigenvalue weighted by atomic mass is 32.2. The smallest absolute Gasteiger partial charge is 0.337 e. The lowest BCUT2D eigenvalue weighted by atomic mass is 10.2. The van der Waals surface area contributed by atoms with Crippen LogP contribution in [0.3, 0.4) is 0 Å². The molecule has 0 aromatic carbocycles. The highest BCUT2D eigenvalue weighted by Crippen LogP contribution is 2.31. The second-order valence-corrected chi connectivity index (χ2v) is 7.63. The molecule has 0 aliphatic heterocycles. The van der Waals surface area contributed by atoms with Gasteiger partial charge in [0.1, 0.15) is 0 Å². The summed E-state index contributed by atoms with van der Waals surface area (Å²) in [7, 11) is 0. The van der Waals surface area contributed by atoms with E-state index in [0.29, 0.717) is 5.65 Å². The van der Waals surface area contributed by atoms with Crippen molar-refractivity contribution < 1.29 is 18.0 Å². The van der Waals surface area contributed by atoms with Gasteiger partial charge in [0.25, 0.3) is 0 Å². The molecule has 5 nitrogen and oxygen atoms in total. The molecule has 9 heteroatoms. The molecule has 0 N–H and O–H groups in total. The Balaban J connectivity index is 2.29. The first-order valence-corrected chi connectivity index (χ1v) is 8.81. The zero-order valence-electron chi connectivity index (χ0n) is 14.7. The SMILES string of the molecule is CC(Sc1nnc2ccc(C(F)(F)F)cn12)C(=O)N(C(C)C)C(C)C. The van der Waals surface area contributed by atoms with Crippen LogP contribution < -0.4 is 0 Å². The number of pyridine rings is 1. The van der Waals surface area contributed by atoms with Crippen LogP contribution in [0.2, 0.25) is 0 Å². The molecule has 1 atom stereocenters. The van der Waals surface area contributed by atoms with E-state index in [0.717, 1.165) is 24.0 Å². The van der Waals surface area contributed by atoms with Gasteiger partial charge in [-0.1, -0.05) is 11.8 Å². The predicted octanol–water partition coefficient (Wildman–Crippen LogP) is 3.87. The number of hydrogen-bond acceptors (Lipinski definition) is 4. The van der Waals surface area contributed by atoms with Crippen LogP contribution >= 0.6 is 11.8 Å². The molecule has 0 radical (unpaired) electrons. The zero-order valence-corrected chi connectivity index (χ0v) is 15.5. The normalized spacial score (nSPS) is 13.7. The van der Waals surface area contributed by atoms with Crippen LogP contribution in [-0.2, 0) is 11.0 Å². The van der Waals surface area contributed by atoms with Crippen LogP contribution in [0.25, 0.3) is 5.65 Å². The van der Waals surface area contributed by atoms with Crippen molar-refractivity contribution in [3.63, 3.8) is 0 Å². The Morgan fingerprint density at radius 2 is 1.72 bits per heavy atom. The molecule has 2 aromatic rings. The van der Waals surface area contributed by atoms with Crippen LogP contribution in [0.15, 0.2) is 23.5 Å². The van der Waals surface area contributed by atoms with E-state index in [-0.39, 0.29) is 23.1 Å². The van der Waals surface area contributed by atoms with Gasteiger partial charge >= 0.3 is 6.18 Å². The number of fused-ring (bicyclic) bond motifs is 1. The number of thioether (sulfide) groups is 1. The van der Waals surface area contributed by atoms with Crippen molar-refractivity contribution in [1.82, 2.24) is 19.5 Å². The van der Waals surface area contributed by atoms with Gasteiger partial charge in [0.05, 0.1) is 10.8 Å². The number of halogens is 3. The summed E-state index contributed by atoms with van der Waals surface area (Å²) < 4.78 is 40.0. The highest BCUT2D eigenvalue weighted by molar-refractivity contribution is 8.00. The van der Waals surface area contributed by atoms with Gasteiger partial charge in [0.15, 0.2) is 10.8 Å². The number of carbonyl (C=O) groups excluding carboxylic acids is 1. The van der Waals surface area contributed by atoms with Crippen molar-refractivity contribution >= 4 is 23.3 Å². The first-order chi connectivity index (χ1) is 11.5. The Morgan fingerprint density at radius 3 is 2.24 bits per heavy atom. The van der Waals surface area contributed by atoms with Crippen LogP contribution in [0.1, 0.15) is 40.2 Å². The van der Waals surface area contributed by atoms with Gasteiger partial charge in [-0.15, -0.1) is 10.2 Å². The predicted molar refractivity (Wildman–Crippen MR) is 90.4 cm³/mol. The molecular weight excluding hydrogens is 353 g/mol. The van der Waals surface area contributed by atoms with Crippen molar-refractivity contribution in [2.75, 3.05) is 0 Å². The van der Waals surface area contributed by atoms with Crippen LogP contribution in [-0.4, -0.2) is 42.7 Å². The Kier molecular flexibility index (Phi) is 5.65. The molecule has 25 heavy (non-hydrogen) atoms. The minimum atomic E-state index is -4.45.